The van der Waals surface area contributed by atoms with Crippen molar-refractivity contribution in [2.45, 2.75) is 0 Å². The molecular formula is C11H11BrN2O3. The molecule has 0 aliphatic heterocycles. The predicted molar refractivity (Wildman–Crippen MR) is 68.2 cm³/mol. The van der Waals surface area contributed by atoms with E-state index in [1.807, 2.05) is 12.1 Å². The molecule has 0 atom stereocenters. The first kappa shape index (κ1) is 11.9. The summed E-state index contributed by atoms with van der Waals surface area (Å²) in [5.74, 6) is 5.80. The number of benzene rings is 1. The maximum Gasteiger partial charge on any atom is 0.188 e. The number of furan rings is 1. The quantitative estimate of drug-likeness (QED) is 0.407. The van der Waals surface area contributed by atoms with Crippen LogP contribution >= 0.6 is 15.9 Å². The molecule has 2 aromatic rings. The number of hydrazone groups is 1. The molecule has 2 N–H and O–H groups in total. The summed E-state index contributed by atoms with van der Waals surface area (Å²) in [6.45, 7) is 0.155. The molecule has 1 aromatic carbocycles. The predicted octanol–water partition coefficient (Wildman–Crippen LogP) is 2.47. The summed E-state index contributed by atoms with van der Waals surface area (Å²) in [5, 5.41) is 4.36. The number of rotatable bonds is 4. The van der Waals surface area contributed by atoms with Crippen LogP contribution in [-0.4, -0.2) is 20.1 Å². The van der Waals surface area contributed by atoms with Crippen molar-refractivity contribution in [3.63, 3.8) is 0 Å². The fourth-order valence-electron chi connectivity index (χ4n) is 1.51. The van der Waals surface area contributed by atoms with E-state index in [1.165, 1.54) is 6.21 Å². The molecule has 0 aliphatic carbocycles. The summed E-state index contributed by atoms with van der Waals surface area (Å²) in [5.41, 5.74) is 1.48. The minimum Gasteiger partial charge on any atom is -0.466 e. The minimum absolute atomic E-state index is 0.155. The zero-order valence-corrected chi connectivity index (χ0v) is 10.7. The van der Waals surface area contributed by atoms with Gasteiger partial charge in [-0.15, -0.1) is 0 Å². The summed E-state index contributed by atoms with van der Waals surface area (Å²) in [6.07, 6.45) is 3.12. The first-order valence-corrected chi connectivity index (χ1v) is 5.62. The van der Waals surface area contributed by atoms with E-state index in [2.05, 4.69) is 21.0 Å². The van der Waals surface area contributed by atoms with Gasteiger partial charge in [0, 0.05) is 12.7 Å². The van der Waals surface area contributed by atoms with E-state index in [9.17, 15) is 0 Å². The van der Waals surface area contributed by atoms with Gasteiger partial charge in [-0.2, -0.15) is 5.10 Å². The average molecular weight is 299 g/mol. The minimum atomic E-state index is 0.155. The monoisotopic (exact) mass is 298 g/mol. The molecule has 0 aliphatic rings. The Bertz CT molecular complexity index is 551. The van der Waals surface area contributed by atoms with Crippen LogP contribution in [-0.2, 0) is 4.74 Å². The lowest BCUT2D eigenvalue weighted by Crippen LogP contribution is -2.01. The maximum atomic E-state index is 5.51. The lowest BCUT2D eigenvalue weighted by molar-refractivity contribution is 0.0517. The SMILES string of the molecule is COCOc1c(Br)c(/C=N/N)cc2occc12. The molecule has 0 unspecified atom stereocenters. The van der Waals surface area contributed by atoms with Crippen molar-refractivity contribution in [3.05, 3.63) is 28.4 Å². The largest absolute Gasteiger partial charge is 0.466 e. The molecule has 6 heteroatoms. The van der Waals surface area contributed by atoms with Crippen LogP contribution in [0.15, 0.2) is 32.4 Å². The van der Waals surface area contributed by atoms with Gasteiger partial charge in [0.15, 0.2) is 6.79 Å². The third kappa shape index (κ3) is 2.27. The molecule has 2 rings (SSSR count). The van der Waals surface area contributed by atoms with Gasteiger partial charge in [-0.3, -0.25) is 0 Å². The highest BCUT2D eigenvalue weighted by Crippen LogP contribution is 2.36. The summed E-state index contributed by atoms with van der Waals surface area (Å²) in [6, 6.07) is 3.66. The topological polar surface area (TPSA) is 70.0 Å². The van der Waals surface area contributed by atoms with Crippen molar-refractivity contribution < 1.29 is 13.9 Å². The Kier molecular flexibility index (Phi) is 3.65. The van der Waals surface area contributed by atoms with Crippen LogP contribution in [0.1, 0.15) is 5.56 Å². The number of ether oxygens (including phenoxy) is 2. The molecule has 0 saturated carbocycles. The summed E-state index contributed by atoms with van der Waals surface area (Å²) in [4.78, 5) is 0. The highest BCUT2D eigenvalue weighted by Gasteiger charge is 2.13. The Balaban J connectivity index is 2.58. The first-order chi connectivity index (χ1) is 8.27. The van der Waals surface area contributed by atoms with Gasteiger partial charge in [0.05, 0.1) is 22.3 Å². The third-order valence-corrected chi connectivity index (χ3v) is 3.03. The Labute approximate surface area is 106 Å². The van der Waals surface area contributed by atoms with Gasteiger partial charge < -0.3 is 19.7 Å². The van der Waals surface area contributed by atoms with E-state index in [0.717, 1.165) is 15.4 Å². The molecule has 0 amide bonds. The molecule has 0 saturated heterocycles. The van der Waals surface area contributed by atoms with Gasteiger partial charge in [-0.25, -0.2) is 0 Å². The van der Waals surface area contributed by atoms with Crippen molar-refractivity contribution >= 4 is 33.1 Å². The molecule has 0 spiro atoms. The zero-order chi connectivity index (χ0) is 12.3. The van der Waals surface area contributed by atoms with Gasteiger partial charge in [0.1, 0.15) is 11.3 Å². The zero-order valence-electron chi connectivity index (χ0n) is 9.14. The maximum absolute atomic E-state index is 5.51. The van der Waals surface area contributed by atoms with E-state index < -0.39 is 0 Å². The number of methoxy groups -OCH3 is 1. The van der Waals surface area contributed by atoms with E-state index in [-0.39, 0.29) is 6.79 Å². The van der Waals surface area contributed by atoms with E-state index in [0.29, 0.717) is 11.3 Å². The van der Waals surface area contributed by atoms with Crippen LogP contribution in [0.2, 0.25) is 0 Å². The second kappa shape index (κ2) is 5.20. The normalized spacial score (nSPS) is 11.4. The Morgan fingerprint density at radius 1 is 1.59 bits per heavy atom. The summed E-state index contributed by atoms with van der Waals surface area (Å²) >= 11 is 3.45. The molecule has 0 radical (unpaired) electrons. The Hall–Kier alpha value is -1.53. The van der Waals surface area contributed by atoms with Gasteiger partial charge in [-0.05, 0) is 28.1 Å². The Morgan fingerprint density at radius 2 is 2.41 bits per heavy atom. The number of halogens is 1. The number of hydrogen-bond acceptors (Lipinski definition) is 5. The van der Waals surface area contributed by atoms with Gasteiger partial charge in [0.25, 0.3) is 0 Å². The molecule has 1 aromatic heterocycles. The van der Waals surface area contributed by atoms with Gasteiger partial charge in [-0.1, -0.05) is 0 Å². The first-order valence-electron chi connectivity index (χ1n) is 4.82. The van der Waals surface area contributed by atoms with Crippen LogP contribution in [0.3, 0.4) is 0 Å². The number of fused-ring (bicyclic) bond motifs is 1. The highest BCUT2D eigenvalue weighted by atomic mass is 79.9. The molecule has 0 fully saturated rings. The van der Waals surface area contributed by atoms with E-state index in [1.54, 1.807) is 13.4 Å². The van der Waals surface area contributed by atoms with E-state index >= 15 is 0 Å². The average Bonchev–Trinajstić information content (AvgIpc) is 2.77. The second-order valence-electron chi connectivity index (χ2n) is 3.27. The van der Waals surface area contributed by atoms with Crippen molar-refractivity contribution in [1.82, 2.24) is 0 Å². The van der Waals surface area contributed by atoms with Crippen molar-refractivity contribution in [1.29, 1.82) is 0 Å². The second-order valence-corrected chi connectivity index (χ2v) is 4.06. The Morgan fingerprint density at radius 3 is 3.12 bits per heavy atom. The number of nitrogens with two attached hydrogens (primary N) is 1. The molecular weight excluding hydrogens is 288 g/mol. The summed E-state index contributed by atoms with van der Waals surface area (Å²) < 4.78 is 16.5. The van der Waals surface area contributed by atoms with Crippen molar-refractivity contribution in [3.8, 4) is 5.75 Å². The van der Waals surface area contributed by atoms with Gasteiger partial charge in [0.2, 0.25) is 0 Å². The summed E-state index contributed by atoms with van der Waals surface area (Å²) in [7, 11) is 1.56. The smallest absolute Gasteiger partial charge is 0.188 e. The molecule has 90 valence electrons. The number of nitrogens with zero attached hydrogens (tertiary/aromatic N) is 1. The van der Waals surface area contributed by atoms with Crippen LogP contribution in [0, 0.1) is 0 Å². The third-order valence-electron chi connectivity index (χ3n) is 2.21. The molecule has 0 bridgehead atoms. The molecule has 1 heterocycles. The fourth-order valence-corrected chi connectivity index (χ4v) is 2.05. The van der Waals surface area contributed by atoms with Crippen LogP contribution in [0.4, 0.5) is 0 Å². The lowest BCUT2D eigenvalue weighted by atomic mass is 10.1. The molecule has 17 heavy (non-hydrogen) atoms. The van der Waals surface area contributed by atoms with Gasteiger partial charge >= 0.3 is 0 Å². The molecule has 5 nitrogen and oxygen atoms in total. The van der Waals surface area contributed by atoms with Crippen LogP contribution < -0.4 is 10.6 Å². The lowest BCUT2D eigenvalue weighted by Gasteiger charge is -2.09. The standard InChI is InChI=1S/C11H11BrN2O3/c1-15-6-17-11-8-2-3-16-9(8)4-7(5-14-13)10(11)12/h2-5H,6,13H2,1H3/b14-5+. The highest BCUT2D eigenvalue weighted by molar-refractivity contribution is 9.10. The van der Waals surface area contributed by atoms with Crippen molar-refractivity contribution in [2.75, 3.05) is 13.9 Å². The number of hydrogen-bond donors (Lipinski definition) is 1. The van der Waals surface area contributed by atoms with Crippen LogP contribution in [0.5, 0.6) is 5.75 Å². The van der Waals surface area contributed by atoms with Crippen LogP contribution in [0.25, 0.3) is 11.0 Å². The fraction of sp³-hybridized carbons (Fsp3) is 0.182. The van der Waals surface area contributed by atoms with E-state index in [4.69, 9.17) is 19.7 Å². The van der Waals surface area contributed by atoms with Crippen molar-refractivity contribution in [2.24, 2.45) is 10.9 Å².